The average Bonchev–Trinajstić information content (AvgIpc) is 3.60. The first-order valence-corrected chi connectivity index (χ1v) is 19.6. The van der Waals surface area contributed by atoms with E-state index in [2.05, 4.69) is 36.1 Å². The average molecular weight is 751 g/mol. The van der Waals surface area contributed by atoms with Gasteiger partial charge in [0, 0.05) is 50.4 Å². The largest absolute Gasteiger partial charge is 0.406 e. The predicted octanol–water partition coefficient (Wildman–Crippen LogP) is 7.58. The Kier molecular flexibility index (Phi) is 12.1. The zero-order valence-corrected chi connectivity index (χ0v) is 32.1. The molecule has 1 unspecified atom stereocenters. The number of aromatic nitrogens is 3. The van der Waals surface area contributed by atoms with E-state index in [1.807, 2.05) is 98.0 Å². The first-order valence-electron chi connectivity index (χ1n) is 17.3. The number of nitrogens with zero attached hydrogens (tertiary/aromatic N) is 5. The number of carbonyl (C=O) groups is 1. The molecule has 8 nitrogen and oxygen atoms in total. The molecule has 0 aliphatic heterocycles. The van der Waals surface area contributed by atoms with Gasteiger partial charge in [0.05, 0.1) is 11.7 Å². The molecule has 1 N–H and O–H groups in total. The summed E-state index contributed by atoms with van der Waals surface area (Å²) in [7, 11) is -1.51. The van der Waals surface area contributed by atoms with E-state index in [1.54, 1.807) is 23.7 Å². The summed E-state index contributed by atoms with van der Waals surface area (Å²) in [5.41, 5.74) is 2.73. The topological polar surface area (TPSA) is 75.0 Å². The van der Waals surface area contributed by atoms with Crippen LogP contribution in [0.15, 0.2) is 104 Å². The van der Waals surface area contributed by atoms with Crippen molar-refractivity contribution < 1.29 is 22.4 Å². The molecule has 0 aliphatic carbocycles. The molecule has 2 heterocycles. The van der Waals surface area contributed by atoms with Gasteiger partial charge in [0.25, 0.3) is 8.32 Å². The van der Waals surface area contributed by atoms with Crippen LogP contribution in [0.3, 0.4) is 0 Å². The lowest BCUT2D eigenvalue weighted by molar-refractivity contribution is -0.179. The second-order valence-electron chi connectivity index (χ2n) is 13.9. The molecular weight excluding hydrogens is 705 g/mol. The van der Waals surface area contributed by atoms with Gasteiger partial charge in [-0.2, -0.15) is 13.2 Å². The van der Waals surface area contributed by atoms with Gasteiger partial charge in [0.2, 0.25) is 0 Å². The standard InChI is InChI=1S/C39H46ClF3N6O2Si/c1-7-49(28(2)29-15-14-16-30(25-29)33-27-48-22-21-44-36(48)35(40)46-33)37(50)45-26-34(39(41,42)43)47(6)23-24-51-52(38(3,4)5,31-17-10-8-11-18-31)32-19-12-9-13-20-32/h8-22,25,27-28,34H,7,23-24,26H2,1-6H3,(H,45,50)/t28-,34?/m1/s1. The molecule has 2 amide bonds. The summed E-state index contributed by atoms with van der Waals surface area (Å²) in [6, 6.07) is 24.5. The van der Waals surface area contributed by atoms with Crippen molar-refractivity contribution >= 4 is 42.0 Å². The summed E-state index contributed by atoms with van der Waals surface area (Å²) in [6.07, 6.45) is 0.628. The van der Waals surface area contributed by atoms with Gasteiger partial charge in [-0.15, -0.1) is 0 Å². The minimum Gasteiger partial charge on any atom is -0.406 e. The van der Waals surface area contributed by atoms with Gasteiger partial charge in [-0.1, -0.05) is 111 Å². The van der Waals surface area contributed by atoms with Crippen LogP contribution >= 0.6 is 11.6 Å². The maximum absolute atomic E-state index is 14.6. The lowest BCUT2D eigenvalue weighted by Crippen LogP contribution is -2.67. The third kappa shape index (κ3) is 8.36. The van der Waals surface area contributed by atoms with Crippen LogP contribution in [0.5, 0.6) is 0 Å². The highest BCUT2D eigenvalue weighted by Gasteiger charge is 2.50. The fraction of sp³-hybridized carbons (Fsp3) is 0.359. The van der Waals surface area contributed by atoms with Crippen molar-refractivity contribution in [3.05, 3.63) is 114 Å². The molecule has 276 valence electrons. The molecule has 0 saturated heterocycles. The quantitative estimate of drug-likeness (QED) is 0.126. The van der Waals surface area contributed by atoms with Crippen molar-refractivity contribution in [1.29, 1.82) is 0 Å². The van der Waals surface area contributed by atoms with Gasteiger partial charge in [-0.05, 0) is 47.9 Å². The van der Waals surface area contributed by atoms with E-state index in [1.165, 1.54) is 16.8 Å². The molecule has 0 aliphatic rings. The lowest BCUT2D eigenvalue weighted by Gasteiger charge is -2.43. The Morgan fingerprint density at radius 2 is 1.63 bits per heavy atom. The molecule has 2 atom stereocenters. The van der Waals surface area contributed by atoms with Crippen LogP contribution in [0.4, 0.5) is 18.0 Å². The van der Waals surface area contributed by atoms with Crippen LogP contribution in [0.2, 0.25) is 10.2 Å². The summed E-state index contributed by atoms with van der Waals surface area (Å²) in [5.74, 6) is 0. The van der Waals surface area contributed by atoms with Gasteiger partial charge in [0.1, 0.15) is 6.04 Å². The Bertz CT molecular complexity index is 1900. The van der Waals surface area contributed by atoms with Gasteiger partial charge in [-0.3, -0.25) is 4.90 Å². The Balaban J connectivity index is 1.28. The number of nitrogens with one attached hydrogen (secondary N) is 1. The smallest absolute Gasteiger partial charge is 0.405 e. The molecule has 0 radical (unpaired) electrons. The number of carbonyl (C=O) groups excluding carboxylic acids is 1. The molecule has 0 fully saturated rings. The third-order valence-electron chi connectivity index (χ3n) is 9.60. The first-order chi connectivity index (χ1) is 24.7. The zero-order valence-electron chi connectivity index (χ0n) is 30.4. The van der Waals surface area contributed by atoms with Gasteiger partial charge < -0.3 is 19.0 Å². The number of hydrogen-bond acceptors (Lipinski definition) is 5. The van der Waals surface area contributed by atoms with E-state index in [0.29, 0.717) is 11.3 Å². The van der Waals surface area contributed by atoms with Crippen molar-refractivity contribution in [3.8, 4) is 11.3 Å². The molecule has 0 spiro atoms. The summed E-state index contributed by atoms with van der Waals surface area (Å²) < 4.78 is 52.3. The van der Waals surface area contributed by atoms with E-state index < -0.39 is 39.2 Å². The van der Waals surface area contributed by atoms with E-state index in [-0.39, 0.29) is 29.9 Å². The molecular formula is C39H46ClF3N6O2Si. The van der Waals surface area contributed by atoms with Crippen molar-refractivity contribution in [2.75, 3.05) is 33.3 Å². The Labute approximate surface area is 309 Å². The zero-order chi connectivity index (χ0) is 37.7. The monoisotopic (exact) mass is 750 g/mol. The number of halogens is 4. The third-order valence-corrected chi connectivity index (χ3v) is 14.9. The van der Waals surface area contributed by atoms with E-state index >= 15 is 0 Å². The van der Waals surface area contributed by atoms with E-state index in [9.17, 15) is 18.0 Å². The minimum absolute atomic E-state index is 0.00808. The summed E-state index contributed by atoms with van der Waals surface area (Å²) >= 11 is 6.36. The number of likely N-dealkylation sites (N-methyl/N-ethyl adjacent to an activating group) is 1. The Hall–Kier alpha value is -4.23. The number of hydrogen-bond donors (Lipinski definition) is 1. The maximum atomic E-state index is 14.6. The van der Waals surface area contributed by atoms with Gasteiger partial charge >= 0.3 is 12.2 Å². The lowest BCUT2D eigenvalue weighted by atomic mass is 10.0. The molecule has 5 rings (SSSR count). The Morgan fingerprint density at radius 3 is 2.21 bits per heavy atom. The number of alkyl halides is 3. The molecule has 52 heavy (non-hydrogen) atoms. The number of amides is 2. The van der Waals surface area contributed by atoms with E-state index in [0.717, 1.165) is 21.5 Å². The highest BCUT2D eigenvalue weighted by Crippen LogP contribution is 2.37. The Morgan fingerprint density at radius 1 is 1.00 bits per heavy atom. The fourth-order valence-electron chi connectivity index (χ4n) is 6.83. The van der Waals surface area contributed by atoms with Gasteiger partial charge in [-0.25, -0.2) is 14.8 Å². The van der Waals surface area contributed by atoms with E-state index in [4.69, 9.17) is 16.0 Å². The highest BCUT2D eigenvalue weighted by atomic mass is 35.5. The van der Waals surface area contributed by atoms with Crippen molar-refractivity contribution in [2.45, 2.75) is 57.9 Å². The summed E-state index contributed by atoms with van der Waals surface area (Å²) in [4.78, 5) is 24.9. The first kappa shape index (κ1) is 39.0. The minimum atomic E-state index is -4.60. The highest BCUT2D eigenvalue weighted by molar-refractivity contribution is 6.99. The normalized spacial score (nSPS) is 13.7. The maximum Gasteiger partial charge on any atom is 0.405 e. The van der Waals surface area contributed by atoms with Gasteiger partial charge in [0.15, 0.2) is 10.8 Å². The number of urea groups is 1. The van der Waals surface area contributed by atoms with Crippen LogP contribution in [0.25, 0.3) is 16.9 Å². The van der Waals surface area contributed by atoms with Crippen molar-refractivity contribution in [1.82, 2.24) is 29.5 Å². The number of fused-ring (bicyclic) bond motifs is 1. The van der Waals surface area contributed by atoms with Crippen molar-refractivity contribution in [2.24, 2.45) is 0 Å². The molecule has 3 aromatic carbocycles. The number of rotatable bonds is 13. The second-order valence-corrected chi connectivity index (χ2v) is 18.6. The summed E-state index contributed by atoms with van der Waals surface area (Å²) in [6.45, 7) is 9.76. The predicted molar refractivity (Wildman–Crippen MR) is 204 cm³/mol. The summed E-state index contributed by atoms with van der Waals surface area (Å²) in [5, 5.41) is 4.62. The van der Waals surface area contributed by atoms with Crippen LogP contribution in [-0.4, -0.2) is 84.0 Å². The van der Waals surface area contributed by atoms with Crippen molar-refractivity contribution in [3.63, 3.8) is 0 Å². The van der Waals surface area contributed by atoms with Crippen LogP contribution in [-0.2, 0) is 4.43 Å². The molecule has 5 aromatic rings. The van der Waals surface area contributed by atoms with Crippen LogP contribution in [0, 0.1) is 0 Å². The second kappa shape index (κ2) is 16.2. The van der Waals surface area contributed by atoms with Crippen LogP contribution < -0.4 is 15.7 Å². The molecule has 2 aromatic heterocycles. The molecule has 13 heteroatoms. The van der Waals surface area contributed by atoms with Crippen LogP contribution in [0.1, 0.15) is 46.2 Å². The number of imidazole rings is 1. The molecule has 0 bridgehead atoms. The molecule has 0 saturated carbocycles. The number of benzene rings is 3. The fourth-order valence-corrected chi connectivity index (χ4v) is 11.6. The SMILES string of the molecule is CCN(C(=O)NCC(N(C)CCO[Si](c1ccccc1)(c1ccccc1)C(C)(C)C)C(F)(F)F)[C@H](C)c1cccc(-c2cn3ccnc3c(Cl)n2)c1.